The van der Waals surface area contributed by atoms with Gasteiger partial charge in [0.1, 0.15) is 0 Å². The third kappa shape index (κ3) is 3.80. The molecule has 0 aromatic carbocycles. The highest BCUT2D eigenvalue weighted by Crippen LogP contribution is 2.15. The summed E-state index contributed by atoms with van der Waals surface area (Å²) in [7, 11) is 0. The molecule has 1 saturated heterocycles. The van der Waals surface area contributed by atoms with Crippen molar-refractivity contribution in [1.82, 2.24) is 4.90 Å². The zero-order valence-corrected chi connectivity index (χ0v) is 8.84. The fourth-order valence-electron chi connectivity index (χ4n) is 1.43. The predicted octanol–water partition coefficient (Wildman–Crippen LogP) is 1.37. The zero-order valence-electron chi connectivity index (χ0n) is 8.84. The molecule has 1 rings (SSSR count). The molecule has 2 heteroatoms. The molecular weight excluding hydrogens is 162 g/mol. The highest BCUT2D eigenvalue weighted by atomic mass is 16.5. The Hall–Kier alpha value is -0.520. The molecule has 1 fully saturated rings. The maximum Gasteiger partial charge on any atom is 0.0601 e. The van der Waals surface area contributed by atoms with E-state index in [1.54, 1.807) is 0 Å². The van der Waals surface area contributed by atoms with E-state index in [-0.39, 0.29) is 0 Å². The molecule has 0 N–H and O–H groups in total. The molecule has 1 heterocycles. The maximum absolute atomic E-state index is 5.54. The van der Waals surface area contributed by atoms with Gasteiger partial charge in [0.05, 0.1) is 19.3 Å². The van der Waals surface area contributed by atoms with E-state index in [1.807, 2.05) is 6.92 Å². The van der Waals surface area contributed by atoms with Gasteiger partial charge in [-0.3, -0.25) is 4.90 Å². The number of nitrogens with zero attached hydrogens (tertiary/aromatic N) is 1. The fraction of sp³-hybridized carbons (Fsp3) is 0.818. The summed E-state index contributed by atoms with van der Waals surface area (Å²) in [4.78, 5) is 2.35. The first kappa shape index (κ1) is 10.6. The molecule has 0 bridgehead atoms. The Kier molecular flexibility index (Phi) is 4.27. The van der Waals surface area contributed by atoms with Crippen LogP contribution in [0.15, 0.2) is 0 Å². The van der Waals surface area contributed by atoms with Gasteiger partial charge in [-0.25, -0.2) is 0 Å². The lowest BCUT2D eigenvalue weighted by Crippen LogP contribution is -2.48. The SMILES string of the molecule is CC#CCN1CC(COC(C)C)C1. The Morgan fingerprint density at radius 3 is 2.69 bits per heavy atom. The van der Waals surface area contributed by atoms with Gasteiger partial charge < -0.3 is 4.74 Å². The lowest BCUT2D eigenvalue weighted by molar-refractivity contribution is -0.00436. The van der Waals surface area contributed by atoms with E-state index in [9.17, 15) is 0 Å². The van der Waals surface area contributed by atoms with Gasteiger partial charge >= 0.3 is 0 Å². The van der Waals surface area contributed by atoms with E-state index in [2.05, 4.69) is 30.6 Å². The Morgan fingerprint density at radius 1 is 1.46 bits per heavy atom. The van der Waals surface area contributed by atoms with Gasteiger partial charge in [0, 0.05) is 19.0 Å². The Morgan fingerprint density at radius 2 is 2.15 bits per heavy atom. The monoisotopic (exact) mass is 181 g/mol. The van der Waals surface area contributed by atoms with Crippen molar-refractivity contribution in [3.8, 4) is 11.8 Å². The largest absolute Gasteiger partial charge is 0.378 e. The van der Waals surface area contributed by atoms with Crippen molar-refractivity contribution in [2.75, 3.05) is 26.2 Å². The van der Waals surface area contributed by atoms with E-state index >= 15 is 0 Å². The van der Waals surface area contributed by atoms with Gasteiger partial charge in [-0.1, -0.05) is 5.92 Å². The molecular formula is C11H19NO. The lowest BCUT2D eigenvalue weighted by atomic mass is 10.0. The third-order valence-electron chi connectivity index (χ3n) is 2.18. The number of hydrogen-bond acceptors (Lipinski definition) is 2. The molecule has 0 atom stereocenters. The minimum atomic E-state index is 0.365. The van der Waals surface area contributed by atoms with Crippen LogP contribution in [0.5, 0.6) is 0 Å². The van der Waals surface area contributed by atoms with Gasteiger partial charge in [-0.2, -0.15) is 0 Å². The molecule has 0 aromatic heterocycles. The van der Waals surface area contributed by atoms with Crippen LogP contribution >= 0.6 is 0 Å². The van der Waals surface area contributed by atoms with Crippen LogP contribution in [-0.4, -0.2) is 37.2 Å². The van der Waals surface area contributed by atoms with Crippen molar-refractivity contribution in [3.05, 3.63) is 0 Å². The average molecular weight is 181 g/mol. The van der Waals surface area contributed by atoms with Gasteiger partial charge in [-0.05, 0) is 20.8 Å². The summed E-state index contributed by atoms with van der Waals surface area (Å²) in [6, 6.07) is 0. The second kappa shape index (κ2) is 5.26. The van der Waals surface area contributed by atoms with E-state index in [0.29, 0.717) is 6.10 Å². The molecule has 74 valence electrons. The average Bonchev–Trinajstić information content (AvgIpc) is 2.00. The van der Waals surface area contributed by atoms with Crippen LogP contribution in [0.2, 0.25) is 0 Å². The van der Waals surface area contributed by atoms with Crippen LogP contribution < -0.4 is 0 Å². The van der Waals surface area contributed by atoms with E-state index in [0.717, 1.165) is 32.2 Å². The first-order valence-electron chi connectivity index (χ1n) is 4.96. The van der Waals surface area contributed by atoms with Crippen molar-refractivity contribution in [3.63, 3.8) is 0 Å². The van der Waals surface area contributed by atoms with Gasteiger partial charge in [-0.15, -0.1) is 5.92 Å². The molecule has 13 heavy (non-hydrogen) atoms. The maximum atomic E-state index is 5.54. The van der Waals surface area contributed by atoms with Crippen LogP contribution in [0.25, 0.3) is 0 Å². The van der Waals surface area contributed by atoms with Gasteiger partial charge in [0.15, 0.2) is 0 Å². The standard InChI is InChI=1S/C11H19NO/c1-4-5-6-12-7-11(8-12)9-13-10(2)3/h10-11H,6-9H2,1-3H3. The molecule has 1 aliphatic heterocycles. The molecule has 0 aromatic rings. The summed E-state index contributed by atoms with van der Waals surface area (Å²) in [5.74, 6) is 6.72. The summed E-state index contributed by atoms with van der Waals surface area (Å²) in [6.07, 6.45) is 0.365. The number of likely N-dealkylation sites (tertiary alicyclic amines) is 1. The number of hydrogen-bond donors (Lipinski definition) is 0. The normalized spacial score (nSPS) is 18.2. The van der Waals surface area contributed by atoms with Crippen molar-refractivity contribution in [2.24, 2.45) is 5.92 Å². The quantitative estimate of drug-likeness (QED) is 0.607. The lowest BCUT2D eigenvalue weighted by Gasteiger charge is -2.38. The van der Waals surface area contributed by atoms with Crippen molar-refractivity contribution in [2.45, 2.75) is 26.9 Å². The van der Waals surface area contributed by atoms with Crippen LogP contribution in [0.4, 0.5) is 0 Å². The van der Waals surface area contributed by atoms with Gasteiger partial charge in [0.25, 0.3) is 0 Å². The minimum absolute atomic E-state index is 0.365. The topological polar surface area (TPSA) is 12.5 Å². The molecule has 0 radical (unpaired) electrons. The minimum Gasteiger partial charge on any atom is -0.378 e. The van der Waals surface area contributed by atoms with Crippen molar-refractivity contribution >= 4 is 0 Å². The summed E-state index contributed by atoms with van der Waals surface area (Å²) in [5, 5.41) is 0. The predicted molar refractivity (Wildman–Crippen MR) is 54.5 cm³/mol. The van der Waals surface area contributed by atoms with Crippen molar-refractivity contribution < 1.29 is 4.74 Å². The van der Waals surface area contributed by atoms with Crippen LogP contribution in [0, 0.1) is 17.8 Å². The zero-order chi connectivity index (χ0) is 9.68. The van der Waals surface area contributed by atoms with Crippen LogP contribution in [0.3, 0.4) is 0 Å². The van der Waals surface area contributed by atoms with E-state index in [4.69, 9.17) is 4.74 Å². The molecule has 0 aliphatic carbocycles. The summed E-state index contributed by atoms with van der Waals surface area (Å²) >= 11 is 0. The number of rotatable bonds is 4. The Bertz CT molecular complexity index is 196. The Balaban J connectivity index is 2.00. The molecule has 1 aliphatic rings. The molecule has 0 amide bonds. The van der Waals surface area contributed by atoms with Gasteiger partial charge in [0.2, 0.25) is 0 Å². The second-order valence-electron chi connectivity index (χ2n) is 3.87. The van der Waals surface area contributed by atoms with Crippen LogP contribution in [-0.2, 0) is 4.74 Å². The van der Waals surface area contributed by atoms with E-state index in [1.165, 1.54) is 0 Å². The smallest absolute Gasteiger partial charge is 0.0601 e. The fourth-order valence-corrected chi connectivity index (χ4v) is 1.43. The molecule has 0 spiro atoms. The highest BCUT2D eigenvalue weighted by Gasteiger charge is 2.25. The highest BCUT2D eigenvalue weighted by molar-refractivity contribution is 4.99. The summed E-state index contributed by atoms with van der Waals surface area (Å²) in [5.41, 5.74) is 0. The number of ether oxygens (including phenoxy) is 1. The summed E-state index contributed by atoms with van der Waals surface area (Å²) in [6.45, 7) is 10.2. The van der Waals surface area contributed by atoms with Crippen LogP contribution in [0.1, 0.15) is 20.8 Å². The Labute approximate surface area is 81.3 Å². The molecule has 2 nitrogen and oxygen atoms in total. The van der Waals surface area contributed by atoms with E-state index < -0.39 is 0 Å². The molecule has 0 unspecified atom stereocenters. The second-order valence-corrected chi connectivity index (χ2v) is 3.87. The summed E-state index contributed by atoms with van der Waals surface area (Å²) < 4.78 is 5.54. The molecule has 0 saturated carbocycles. The first-order chi connectivity index (χ1) is 6.22. The first-order valence-corrected chi connectivity index (χ1v) is 4.96. The van der Waals surface area contributed by atoms with Crippen molar-refractivity contribution in [1.29, 1.82) is 0 Å². The third-order valence-corrected chi connectivity index (χ3v) is 2.18.